The SMILES string of the molecule is C#CCCOC(=O)NC(/C=C/C=C(\C)CC(C)/C=C(C)\C=C\C1CC=CC(=O)O1)C1CCC(C)C(/C=C/C)O1. The summed E-state index contributed by atoms with van der Waals surface area (Å²) >= 11 is 0. The van der Waals surface area contributed by atoms with E-state index in [2.05, 4.69) is 57.2 Å². The van der Waals surface area contributed by atoms with Gasteiger partial charge in [-0.3, -0.25) is 0 Å². The van der Waals surface area contributed by atoms with Crippen LogP contribution in [0.2, 0.25) is 0 Å². The van der Waals surface area contributed by atoms with Gasteiger partial charge in [-0.1, -0.05) is 73.6 Å². The van der Waals surface area contributed by atoms with E-state index in [9.17, 15) is 9.59 Å². The number of rotatable bonds is 12. The Hall–Kier alpha value is -3.30. The summed E-state index contributed by atoms with van der Waals surface area (Å²) in [5.41, 5.74) is 2.35. The summed E-state index contributed by atoms with van der Waals surface area (Å²) in [5.74, 6) is 2.94. The van der Waals surface area contributed by atoms with Crippen LogP contribution in [0.3, 0.4) is 0 Å². The van der Waals surface area contributed by atoms with Crippen molar-refractivity contribution in [3.05, 3.63) is 71.9 Å². The van der Waals surface area contributed by atoms with E-state index in [0.717, 1.165) is 24.8 Å². The maximum atomic E-state index is 12.4. The van der Waals surface area contributed by atoms with E-state index < -0.39 is 6.09 Å². The van der Waals surface area contributed by atoms with Gasteiger partial charge in [0.15, 0.2) is 0 Å². The lowest BCUT2D eigenvalue weighted by molar-refractivity contribution is -0.141. The van der Waals surface area contributed by atoms with Gasteiger partial charge in [-0.15, -0.1) is 12.3 Å². The third-order valence-corrected chi connectivity index (χ3v) is 6.70. The molecule has 0 aromatic rings. The zero-order valence-electron chi connectivity index (χ0n) is 24.1. The van der Waals surface area contributed by atoms with Gasteiger partial charge in [-0.05, 0) is 57.9 Å². The van der Waals surface area contributed by atoms with Gasteiger partial charge in [0.2, 0.25) is 0 Å². The number of carbonyl (C=O) groups excluding carboxylic acids is 2. The third-order valence-electron chi connectivity index (χ3n) is 6.70. The second-order valence-electron chi connectivity index (χ2n) is 10.4. The van der Waals surface area contributed by atoms with Gasteiger partial charge in [0.1, 0.15) is 12.7 Å². The van der Waals surface area contributed by atoms with E-state index in [4.69, 9.17) is 20.6 Å². The highest BCUT2D eigenvalue weighted by molar-refractivity contribution is 5.82. The summed E-state index contributed by atoms with van der Waals surface area (Å²) in [6.07, 6.45) is 27.9. The monoisotopic (exact) mass is 535 g/mol. The molecule has 0 saturated carbocycles. The third kappa shape index (κ3) is 12.4. The number of nitrogens with one attached hydrogen (secondary N) is 1. The summed E-state index contributed by atoms with van der Waals surface area (Å²) in [6, 6.07) is -0.318. The molecule has 1 fully saturated rings. The molecule has 6 nitrogen and oxygen atoms in total. The van der Waals surface area contributed by atoms with Crippen molar-refractivity contribution in [3.8, 4) is 12.3 Å². The van der Waals surface area contributed by atoms with E-state index in [-0.39, 0.29) is 36.9 Å². The normalized spacial score (nSPS) is 26.0. The van der Waals surface area contributed by atoms with Gasteiger partial charge in [0, 0.05) is 18.9 Å². The molecule has 2 aliphatic rings. The first-order valence-electron chi connectivity index (χ1n) is 13.9. The molecule has 2 rings (SSSR count). The lowest BCUT2D eigenvalue weighted by Gasteiger charge is -2.36. The van der Waals surface area contributed by atoms with Crippen LogP contribution in [0, 0.1) is 24.2 Å². The number of cyclic esters (lactones) is 1. The molecule has 1 N–H and O–H groups in total. The Labute approximate surface area is 234 Å². The minimum Gasteiger partial charge on any atom is -0.455 e. The van der Waals surface area contributed by atoms with Gasteiger partial charge < -0.3 is 19.5 Å². The van der Waals surface area contributed by atoms with Crippen LogP contribution >= 0.6 is 0 Å². The number of amides is 1. The van der Waals surface area contributed by atoms with Gasteiger partial charge >= 0.3 is 12.1 Å². The molecule has 1 amide bonds. The predicted molar refractivity (Wildman–Crippen MR) is 157 cm³/mol. The van der Waals surface area contributed by atoms with Gasteiger partial charge in [-0.2, -0.15) is 0 Å². The van der Waals surface area contributed by atoms with Crippen molar-refractivity contribution in [1.82, 2.24) is 5.32 Å². The van der Waals surface area contributed by atoms with Crippen molar-refractivity contribution in [2.75, 3.05) is 6.61 Å². The molecule has 2 heterocycles. The Kier molecular flexibility index (Phi) is 14.2. The van der Waals surface area contributed by atoms with Gasteiger partial charge in [-0.25, -0.2) is 9.59 Å². The van der Waals surface area contributed by atoms with Crippen LogP contribution in [0.4, 0.5) is 4.79 Å². The number of alkyl carbamates (subject to hydrolysis) is 1. The fourth-order valence-electron chi connectivity index (χ4n) is 4.72. The van der Waals surface area contributed by atoms with Crippen molar-refractivity contribution >= 4 is 12.1 Å². The Morgan fingerprint density at radius 3 is 2.82 bits per heavy atom. The molecule has 1 saturated heterocycles. The second-order valence-corrected chi connectivity index (χ2v) is 10.4. The van der Waals surface area contributed by atoms with Crippen LogP contribution in [-0.4, -0.2) is 43.0 Å². The van der Waals surface area contributed by atoms with E-state index in [0.29, 0.717) is 24.7 Å². The topological polar surface area (TPSA) is 73.9 Å². The molecule has 0 aliphatic carbocycles. The molecule has 2 aliphatic heterocycles. The van der Waals surface area contributed by atoms with E-state index in [1.807, 2.05) is 43.4 Å². The molecule has 212 valence electrons. The smallest absolute Gasteiger partial charge is 0.407 e. The Morgan fingerprint density at radius 2 is 2.10 bits per heavy atom. The Balaban J connectivity index is 2.00. The zero-order chi connectivity index (χ0) is 28.6. The molecule has 6 heteroatoms. The highest BCUT2D eigenvalue weighted by Gasteiger charge is 2.31. The fraction of sp³-hybridized carbons (Fsp3) is 0.515. The first-order valence-corrected chi connectivity index (χ1v) is 13.9. The van der Waals surface area contributed by atoms with Crippen LogP contribution in [0.5, 0.6) is 0 Å². The first-order chi connectivity index (χ1) is 18.7. The average Bonchev–Trinajstić information content (AvgIpc) is 2.88. The van der Waals surface area contributed by atoms with Crippen LogP contribution < -0.4 is 5.32 Å². The Morgan fingerprint density at radius 1 is 1.31 bits per heavy atom. The number of allylic oxidation sites excluding steroid dienone is 7. The number of ether oxygens (including phenoxy) is 3. The lowest BCUT2D eigenvalue weighted by Crippen LogP contribution is -2.47. The van der Waals surface area contributed by atoms with Crippen molar-refractivity contribution in [2.24, 2.45) is 11.8 Å². The first kappa shape index (κ1) is 31.9. The molecule has 0 aromatic carbocycles. The van der Waals surface area contributed by atoms with E-state index >= 15 is 0 Å². The van der Waals surface area contributed by atoms with Crippen molar-refractivity contribution < 1.29 is 23.8 Å². The quantitative estimate of drug-likeness (QED) is 0.0982. The highest BCUT2D eigenvalue weighted by atomic mass is 16.6. The maximum Gasteiger partial charge on any atom is 0.407 e. The summed E-state index contributed by atoms with van der Waals surface area (Å²) in [7, 11) is 0. The molecule has 39 heavy (non-hydrogen) atoms. The molecule has 0 spiro atoms. The molecule has 0 aromatic heterocycles. The average molecular weight is 536 g/mol. The number of esters is 1. The lowest BCUT2D eigenvalue weighted by atomic mass is 9.90. The van der Waals surface area contributed by atoms with Crippen molar-refractivity contribution in [2.45, 2.75) is 91.1 Å². The zero-order valence-corrected chi connectivity index (χ0v) is 24.1. The van der Waals surface area contributed by atoms with E-state index in [1.165, 1.54) is 11.6 Å². The largest absolute Gasteiger partial charge is 0.455 e. The number of hydrogen-bond acceptors (Lipinski definition) is 5. The van der Waals surface area contributed by atoms with Crippen LogP contribution in [0.1, 0.15) is 66.7 Å². The van der Waals surface area contributed by atoms with Crippen molar-refractivity contribution in [3.63, 3.8) is 0 Å². The molecule has 6 atom stereocenters. The van der Waals surface area contributed by atoms with Crippen LogP contribution in [-0.2, 0) is 19.0 Å². The van der Waals surface area contributed by atoms with Crippen LogP contribution in [0.15, 0.2) is 71.9 Å². The van der Waals surface area contributed by atoms with Gasteiger partial charge in [0.25, 0.3) is 0 Å². The fourth-order valence-corrected chi connectivity index (χ4v) is 4.72. The predicted octanol–water partition coefficient (Wildman–Crippen LogP) is 6.77. The summed E-state index contributed by atoms with van der Waals surface area (Å²) in [4.78, 5) is 23.8. The molecule has 0 bridgehead atoms. The highest BCUT2D eigenvalue weighted by Crippen LogP contribution is 2.28. The standard InChI is InChI=1S/C33H45NO5/c1-7-9-21-37-33(36)34-29(31-20-18-27(6)30(39-31)12-8-2)15-10-13-24(3)22-26(5)23-25(4)17-19-28-14-11-16-32(35)38-28/h1,8,10-13,15-17,19,23,26-31H,9,14,18,20-22H2,2-6H3,(H,34,36)/b12-8+,15-10+,19-17+,24-13+,25-23-. The Bertz CT molecular complexity index is 1030. The molecular weight excluding hydrogens is 490 g/mol. The summed E-state index contributed by atoms with van der Waals surface area (Å²) in [6.45, 7) is 10.7. The minimum absolute atomic E-state index is 0.0211. The number of hydrogen-bond donors (Lipinski definition) is 1. The maximum absolute atomic E-state index is 12.4. The second kappa shape index (κ2) is 17.3. The number of terminal acetylenes is 1. The summed E-state index contributed by atoms with van der Waals surface area (Å²) < 4.78 is 16.9. The van der Waals surface area contributed by atoms with Crippen LogP contribution in [0.25, 0.3) is 0 Å². The number of carbonyl (C=O) groups is 2. The molecule has 0 radical (unpaired) electrons. The molecule has 6 unspecified atom stereocenters. The van der Waals surface area contributed by atoms with Crippen molar-refractivity contribution in [1.29, 1.82) is 0 Å². The molecular formula is C33H45NO5. The van der Waals surface area contributed by atoms with Gasteiger partial charge in [0.05, 0.1) is 18.2 Å². The van der Waals surface area contributed by atoms with E-state index in [1.54, 1.807) is 0 Å². The summed E-state index contributed by atoms with van der Waals surface area (Å²) in [5, 5.41) is 2.96. The minimum atomic E-state index is -0.494.